The lowest BCUT2D eigenvalue weighted by Crippen LogP contribution is -2.39. The maximum Gasteiger partial charge on any atom is 0.437 e. The smallest absolute Gasteiger partial charge is 0.437 e. The Morgan fingerprint density at radius 2 is 1.92 bits per heavy atom. The molecule has 0 aliphatic carbocycles. The van der Waals surface area contributed by atoms with Crippen LogP contribution >= 0.6 is 0 Å². The Balaban J connectivity index is 1.62. The van der Waals surface area contributed by atoms with E-state index in [9.17, 15) is 14.4 Å². The van der Waals surface area contributed by atoms with Gasteiger partial charge in [-0.25, -0.2) is 4.79 Å². The van der Waals surface area contributed by atoms with Crippen molar-refractivity contribution >= 4 is 11.9 Å². The first-order valence-electron chi connectivity index (χ1n) is 8.16. The third-order valence-corrected chi connectivity index (χ3v) is 3.98. The van der Waals surface area contributed by atoms with E-state index in [-0.39, 0.29) is 11.8 Å². The minimum absolute atomic E-state index is 0.125. The first kappa shape index (κ1) is 16.9. The molecular weight excluding hydrogens is 326 g/mol. The lowest BCUT2D eigenvalue weighted by Gasteiger charge is -2.20. The van der Waals surface area contributed by atoms with E-state index in [0.717, 1.165) is 17.5 Å². The van der Waals surface area contributed by atoms with Gasteiger partial charge in [0.05, 0.1) is 0 Å². The number of hydrogen-bond donors (Lipinski definition) is 0. The molecule has 0 spiro atoms. The Labute approximate surface area is 144 Å². The highest BCUT2D eigenvalue weighted by Crippen LogP contribution is 2.14. The average molecular weight is 345 g/mol. The SMILES string of the molecule is C[C@H](OC(=O)Cn1nc(-c2ccccc2)oc1=O)C(=O)N1CCCC1. The van der Waals surface area contributed by atoms with Crippen molar-refractivity contribution in [3.8, 4) is 11.5 Å². The highest BCUT2D eigenvalue weighted by molar-refractivity contribution is 5.83. The van der Waals surface area contributed by atoms with Gasteiger partial charge >= 0.3 is 11.7 Å². The molecule has 0 N–H and O–H groups in total. The Kier molecular flexibility index (Phi) is 4.97. The monoisotopic (exact) mass is 345 g/mol. The van der Waals surface area contributed by atoms with Gasteiger partial charge < -0.3 is 14.1 Å². The summed E-state index contributed by atoms with van der Waals surface area (Å²) in [6.45, 7) is 2.49. The van der Waals surface area contributed by atoms with E-state index in [4.69, 9.17) is 9.15 Å². The van der Waals surface area contributed by atoms with Crippen LogP contribution in [0.15, 0.2) is 39.5 Å². The van der Waals surface area contributed by atoms with Gasteiger partial charge in [0.25, 0.3) is 5.91 Å². The summed E-state index contributed by atoms with van der Waals surface area (Å²) in [5, 5.41) is 3.99. The van der Waals surface area contributed by atoms with E-state index in [2.05, 4.69) is 5.10 Å². The van der Waals surface area contributed by atoms with Gasteiger partial charge in [-0.3, -0.25) is 9.59 Å². The van der Waals surface area contributed by atoms with Crippen LogP contribution in [-0.4, -0.2) is 45.8 Å². The Morgan fingerprint density at radius 3 is 2.60 bits per heavy atom. The van der Waals surface area contributed by atoms with Crippen molar-refractivity contribution in [2.45, 2.75) is 32.4 Å². The second-order valence-corrected chi connectivity index (χ2v) is 5.86. The first-order valence-corrected chi connectivity index (χ1v) is 8.16. The van der Waals surface area contributed by atoms with Crippen molar-refractivity contribution in [1.29, 1.82) is 0 Å². The van der Waals surface area contributed by atoms with Crippen molar-refractivity contribution in [1.82, 2.24) is 14.7 Å². The lowest BCUT2D eigenvalue weighted by molar-refractivity contribution is -0.159. The van der Waals surface area contributed by atoms with Gasteiger partial charge in [-0.05, 0) is 31.9 Å². The molecular formula is C17H19N3O5. The fraction of sp³-hybridized carbons (Fsp3) is 0.412. The molecule has 2 heterocycles. The average Bonchev–Trinajstić information content (AvgIpc) is 3.25. The van der Waals surface area contributed by atoms with E-state index in [1.54, 1.807) is 29.2 Å². The van der Waals surface area contributed by atoms with Gasteiger partial charge in [0, 0.05) is 18.7 Å². The number of ether oxygens (including phenoxy) is 1. The maximum absolute atomic E-state index is 12.1. The van der Waals surface area contributed by atoms with Crippen molar-refractivity contribution < 1.29 is 18.7 Å². The molecule has 1 amide bonds. The third kappa shape index (κ3) is 3.96. The van der Waals surface area contributed by atoms with E-state index >= 15 is 0 Å². The number of benzene rings is 1. The summed E-state index contributed by atoms with van der Waals surface area (Å²) in [5.41, 5.74) is 0.629. The molecule has 8 nitrogen and oxygen atoms in total. The number of aromatic nitrogens is 2. The third-order valence-electron chi connectivity index (χ3n) is 3.98. The number of likely N-dealkylation sites (tertiary alicyclic amines) is 1. The summed E-state index contributed by atoms with van der Waals surface area (Å²) in [7, 11) is 0. The first-order chi connectivity index (χ1) is 12.0. The molecule has 1 aromatic heterocycles. The van der Waals surface area contributed by atoms with Gasteiger partial charge in [0.15, 0.2) is 6.10 Å². The molecule has 8 heteroatoms. The fourth-order valence-corrected chi connectivity index (χ4v) is 2.71. The number of esters is 1. The maximum atomic E-state index is 12.1. The summed E-state index contributed by atoms with van der Waals surface area (Å²) < 4.78 is 11.1. The molecule has 25 heavy (non-hydrogen) atoms. The quantitative estimate of drug-likeness (QED) is 0.752. The number of hydrogen-bond acceptors (Lipinski definition) is 6. The molecule has 0 unspecified atom stereocenters. The predicted octanol–water partition coefficient (Wildman–Crippen LogP) is 1.06. The predicted molar refractivity (Wildman–Crippen MR) is 87.6 cm³/mol. The second kappa shape index (κ2) is 7.33. The summed E-state index contributed by atoms with van der Waals surface area (Å²) in [6, 6.07) is 8.88. The van der Waals surface area contributed by atoms with Crippen LogP contribution in [0, 0.1) is 0 Å². The summed E-state index contributed by atoms with van der Waals surface area (Å²) in [6.07, 6.45) is 1.04. The molecule has 1 aliphatic heterocycles. The molecule has 0 radical (unpaired) electrons. The number of amides is 1. The van der Waals surface area contributed by atoms with Crippen LogP contribution < -0.4 is 5.76 Å². The molecule has 132 valence electrons. The highest BCUT2D eigenvalue weighted by Gasteiger charge is 2.26. The number of carbonyl (C=O) groups excluding carboxylic acids is 2. The van der Waals surface area contributed by atoms with Crippen LogP contribution in [0.4, 0.5) is 0 Å². The minimum Gasteiger partial charge on any atom is -0.451 e. The van der Waals surface area contributed by atoms with Gasteiger partial charge in [-0.2, -0.15) is 4.68 Å². The normalized spacial score (nSPS) is 15.2. The zero-order chi connectivity index (χ0) is 17.8. The molecule has 1 fully saturated rings. The highest BCUT2D eigenvalue weighted by atomic mass is 16.5. The standard InChI is InChI=1S/C17H19N3O5/c1-12(16(22)19-9-5-6-10-19)24-14(21)11-20-17(23)25-15(18-20)13-7-3-2-4-8-13/h2-4,7-8,12H,5-6,9-11H2,1H3/t12-/m0/s1. The molecule has 1 aromatic carbocycles. The van der Waals surface area contributed by atoms with E-state index in [1.165, 1.54) is 6.92 Å². The van der Waals surface area contributed by atoms with Crippen LogP contribution in [0.25, 0.3) is 11.5 Å². The van der Waals surface area contributed by atoms with Gasteiger partial charge in [-0.15, -0.1) is 5.10 Å². The van der Waals surface area contributed by atoms with Crippen molar-refractivity contribution in [2.24, 2.45) is 0 Å². The fourth-order valence-electron chi connectivity index (χ4n) is 2.71. The van der Waals surface area contributed by atoms with Crippen LogP contribution in [0.5, 0.6) is 0 Å². The Hall–Kier alpha value is -2.90. The van der Waals surface area contributed by atoms with Crippen molar-refractivity contribution in [2.75, 3.05) is 13.1 Å². The Bertz CT molecular complexity index is 805. The zero-order valence-electron chi connectivity index (χ0n) is 13.9. The molecule has 3 rings (SSSR count). The molecule has 0 saturated carbocycles. The molecule has 2 aromatic rings. The molecule has 1 saturated heterocycles. The zero-order valence-corrected chi connectivity index (χ0v) is 13.9. The molecule has 1 aliphatic rings. The molecule has 1 atom stereocenters. The van der Waals surface area contributed by atoms with E-state index in [0.29, 0.717) is 18.7 Å². The van der Waals surface area contributed by atoms with E-state index in [1.807, 2.05) is 6.07 Å². The number of carbonyl (C=O) groups is 2. The van der Waals surface area contributed by atoms with Crippen molar-refractivity contribution in [3.63, 3.8) is 0 Å². The second-order valence-electron chi connectivity index (χ2n) is 5.86. The lowest BCUT2D eigenvalue weighted by atomic mass is 10.2. The van der Waals surface area contributed by atoms with E-state index < -0.39 is 24.4 Å². The van der Waals surface area contributed by atoms with Gasteiger partial charge in [0.2, 0.25) is 5.89 Å². The summed E-state index contributed by atoms with van der Waals surface area (Å²) in [4.78, 5) is 37.6. The largest absolute Gasteiger partial charge is 0.451 e. The van der Waals surface area contributed by atoms with Crippen LogP contribution in [0.1, 0.15) is 19.8 Å². The van der Waals surface area contributed by atoms with Crippen LogP contribution in [-0.2, 0) is 20.9 Å². The van der Waals surface area contributed by atoms with Crippen LogP contribution in [0.3, 0.4) is 0 Å². The van der Waals surface area contributed by atoms with Gasteiger partial charge in [0.1, 0.15) is 6.54 Å². The summed E-state index contributed by atoms with van der Waals surface area (Å²) >= 11 is 0. The Morgan fingerprint density at radius 1 is 1.24 bits per heavy atom. The van der Waals surface area contributed by atoms with Gasteiger partial charge in [-0.1, -0.05) is 18.2 Å². The number of nitrogens with zero attached hydrogens (tertiary/aromatic N) is 3. The van der Waals surface area contributed by atoms with Crippen molar-refractivity contribution in [3.05, 3.63) is 40.9 Å². The number of rotatable bonds is 5. The minimum atomic E-state index is -0.887. The molecule has 0 bridgehead atoms. The van der Waals surface area contributed by atoms with Crippen LogP contribution in [0.2, 0.25) is 0 Å². The topological polar surface area (TPSA) is 94.6 Å². The summed E-state index contributed by atoms with van der Waals surface area (Å²) in [5.74, 6) is -1.56.